The maximum atomic E-state index is 12.4. The van der Waals surface area contributed by atoms with Crippen LogP contribution in [0.2, 0.25) is 0 Å². The van der Waals surface area contributed by atoms with Crippen LogP contribution < -0.4 is 5.32 Å². The number of carbonyl (C=O) groups is 2. The van der Waals surface area contributed by atoms with Gasteiger partial charge in [0.25, 0.3) is 0 Å². The number of rotatable bonds is 2. The van der Waals surface area contributed by atoms with Gasteiger partial charge in [0, 0.05) is 18.4 Å². The van der Waals surface area contributed by atoms with Crippen LogP contribution in [0.15, 0.2) is 11.3 Å². The number of halogens is 3. The smallest absolute Gasteiger partial charge is 0.322 e. The van der Waals surface area contributed by atoms with Crippen molar-refractivity contribution in [1.29, 1.82) is 0 Å². The predicted octanol–water partition coefficient (Wildman–Crippen LogP) is 1.69. The van der Waals surface area contributed by atoms with Gasteiger partial charge in [-0.25, -0.2) is 0 Å². The van der Waals surface area contributed by atoms with Crippen molar-refractivity contribution < 1.29 is 22.8 Å². The monoisotopic (exact) mass is 221 g/mol. The van der Waals surface area contributed by atoms with E-state index >= 15 is 0 Å². The van der Waals surface area contributed by atoms with Crippen molar-refractivity contribution >= 4 is 11.7 Å². The third kappa shape index (κ3) is 2.57. The van der Waals surface area contributed by atoms with E-state index in [2.05, 4.69) is 0 Å². The molecule has 15 heavy (non-hydrogen) atoms. The number of hydrogen-bond acceptors (Lipinski definition) is 2. The van der Waals surface area contributed by atoms with E-state index in [-0.39, 0.29) is 24.8 Å². The summed E-state index contributed by atoms with van der Waals surface area (Å²) >= 11 is 0. The van der Waals surface area contributed by atoms with Crippen LogP contribution in [0.1, 0.15) is 26.2 Å². The van der Waals surface area contributed by atoms with E-state index in [0.29, 0.717) is 0 Å². The Morgan fingerprint density at radius 3 is 2.47 bits per heavy atom. The summed E-state index contributed by atoms with van der Waals surface area (Å²) in [6, 6.07) is 0. The van der Waals surface area contributed by atoms with E-state index in [9.17, 15) is 22.8 Å². The Morgan fingerprint density at radius 1 is 1.40 bits per heavy atom. The summed E-state index contributed by atoms with van der Waals surface area (Å²) in [4.78, 5) is 22.0. The van der Waals surface area contributed by atoms with Gasteiger partial charge in [0.15, 0.2) is 5.78 Å². The lowest BCUT2D eigenvalue weighted by molar-refractivity contribution is -0.129. The summed E-state index contributed by atoms with van der Waals surface area (Å²) in [5.41, 5.74) is -1.50. The van der Waals surface area contributed by atoms with Crippen LogP contribution in [0.5, 0.6) is 0 Å². The molecule has 0 aromatic heterocycles. The zero-order chi connectivity index (χ0) is 11.6. The molecule has 0 aliphatic carbocycles. The molecule has 6 heteroatoms. The fourth-order valence-corrected chi connectivity index (χ4v) is 1.38. The first-order valence-corrected chi connectivity index (χ1v) is 4.49. The second kappa shape index (κ2) is 4.04. The summed E-state index contributed by atoms with van der Waals surface area (Å²) in [5.74, 6) is -1.27. The van der Waals surface area contributed by atoms with Gasteiger partial charge in [0.2, 0.25) is 5.91 Å². The maximum absolute atomic E-state index is 12.4. The Labute approximate surface area is 84.3 Å². The van der Waals surface area contributed by atoms with E-state index in [1.807, 2.05) is 0 Å². The molecule has 0 bridgehead atoms. The summed E-state index contributed by atoms with van der Waals surface area (Å²) in [6.45, 7) is 1.49. The summed E-state index contributed by atoms with van der Waals surface area (Å²) in [7, 11) is 0. The van der Waals surface area contributed by atoms with Crippen molar-refractivity contribution in [1.82, 2.24) is 5.32 Å². The molecule has 0 unspecified atom stereocenters. The van der Waals surface area contributed by atoms with Crippen molar-refractivity contribution in [2.24, 2.45) is 0 Å². The SMILES string of the molecule is CCC(=O)C1=C(C(F)(F)F)NC(=O)CC1. The number of alkyl halides is 3. The largest absolute Gasteiger partial charge is 0.431 e. The first-order chi connectivity index (χ1) is 6.86. The molecule has 0 saturated carbocycles. The van der Waals surface area contributed by atoms with E-state index < -0.39 is 23.6 Å². The molecule has 0 aromatic rings. The fourth-order valence-electron chi connectivity index (χ4n) is 1.38. The highest BCUT2D eigenvalue weighted by atomic mass is 19.4. The average molecular weight is 221 g/mol. The molecular formula is C9H10F3NO2. The number of ketones is 1. The first-order valence-electron chi connectivity index (χ1n) is 4.49. The van der Waals surface area contributed by atoms with Crippen LogP contribution in [0.25, 0.3) is 0 Å². The molecule has 0 saturated heterocycles. The van der Waals surface area contributed by atoms with Gasteiger partial charge in [-0.2, -0.15) is 13.2 Å². The number of nitrogens with one attached hydrogen (secondary N) is 1. The van der Waals surface area contributed by atoms with E-state index in [0.717, 1.165) is 0 Å². The van der Waals surface area contributed by atoms with Gasteiger partial charge in [0.1, 0.15) is 5.70 Å². The van der Waals surface area contributed by atoms with E-state index in [4.69, 9.17) is 0 Å². The zero-order valence-electron chi connectivity index (χ0n) is 8.07. The minimum Gasteiger partial charge on any atom is -0.322 e. The highest BCUT2D eigenvalue weighted by Crippen LogP contribution is 2.31. The molecule has 84 valence electrons. The lowest BCUT2D eigenvalue weighted by atomic mass is 9.97. The van der Waals surface area contributed by atoms with Crippen LogP contribution in [-0.4, -0.2) is 17.9 Å². The van der Waals surface area contributed by atoms with Gasteiger partial charge in [-0.05, 0) is 6.42 Å². The number of carbonyl (C=O) groups excluding carboxylic acids is 2. The normalized spacial score (nSPS) is 17.7. The molecular weight excluding hydrogens is 211 g/mol. The van der Waals surface area contributed by atoms with Gasteiger partial charge >= 0.3 is 6.18 Å². The standard InChI is InChI=1S/C9H10F3NO2/c1-2-6(14)5-3-4-7(15)13-8(5)9(10,11)12/h2-4H2,1H3,(H,13,15). The molecule has 0 fully saturated rings. The average Bonchev–Trinajstić information content (AvgIpc) is 2.15. The van der Waals surface area contributed by atoms with Crippen LogP contribution in [0, 0.1) is 0 Å². The topological polar surface area (TPSA) is 46.2 Å². The lowest BCUT2D eigenvalue weighted by Gasteiger charge is -2.21. The van der Waals surface area contributed by atoms with Crippen LogP contribution in [0.4, 0.5) is 13.2 Å². The highest BCUT2D eigenvalue weighted by Gasteiger charge is 2.40. The lowest BCUT2D eigenvalue weighted by Crippen LogP contribution is -2.37. The van der Waals surface area contributed by atoms with E-state index in [1.165, 1.54) is 6.92 Å². The number of Topliss-reactive ketones (excluding diaryl/α,β-unsaturated/α-hetero) is 1. The molecule has 0 aromatic carbocycles. The second-order valence-electron chi connectivity index (χ2n) is 3.18. The van der Waals surface area contributed by atoms with Crippen molar-refractivity contribution in [2.45, 2.75) is 32.4 Å². The molecule has 0 radical (unpaired) electrons. The van der Waals surface area contributed by atoms with Crippen LogP contribution in [0.3, 0.4) is 0 Å². The van der Waals surface area contributed by atoms with Gasteiger partial charge in [-0.1, -0.05) is 6.92 Å². The molecule has 1 N–H and O–H groups in total. The van der Waals surface area contributed by atoms with Crippen molar-refractivity contribution in [2.75, 3.05) is 0 Å². The van der Waals surface area contributed by atoms with E-state index in [1.54, 1.807) is 5.32 Å². The van der Waals surface area contributed by atoms with Crippen molar-refractivity contribution in [3.63, 3.8) is 0 Å². The predicted molar refractivity (Wildman–Crippen MR) is 45.8 cm³/mol. The minimum atomic E-state index is -4.67. The second-order valence-corrected chi connectivity index (χ2v) is 3.18. The van der Waals surface area contributed by atoms with Gasteiger partial charge in [-0.3, -0.25) is 9.59 Å². The first kappa shape index (κ1) is 11.7. The molecule has 1 aliphatic rings. The summed E-state index contributed by atoms with van der Waals surface area (Å²) < 4.78 is 37.3. The summed E-state index contributed by atoms with van der Waals surface area (Å²) in [6.07, 6.45) is -4.87. The Morgan fingerprint density at radius 2 is 2.00 bits per heavy atom. The van der Waals surface area contributed by atoms with Crippen LogP contribution >= 0.6 is 0 Å². The maximum Gasteiger partial charge on any atom is 0.431 e. The van der Waals surface area contributed by atoms with Crippen LogP contribution in [-0.2, 0) is 9.59 Å². The summed E-state index contributed by atoms with van der Waals surface area (Å²) in [5, 5.41) is 1.72. The zero-order valence-corrected chi connectivity index (χ0v) is 8.07. The Balaban J connectivity index is 3.12. The molecule has 1 amide bonds. The Kier molecular flexibility index (Phi) is 3.16. The third-order valence-electron chi connectivity index (χ3n) is 2.11. The van der Waals surface area contributed by atoms with Crippen molar-refractivity contribution in [3.8, 4) is 0 Å². The molecule has 1 heterocycles. The number of hydrogen-bond donors (Lipinski definition) is 1. The van der Waals surface area contributed by atoms with Gasteiger partial charge in [-0.15, -0.1) is 0 Å². The molecule has 0 spiro atoms. The highest BCUT2D eigenvalue weighted by molar-refractivity contribution is 5.98. The number of allylic oxidation sites excluding steroid dienone is 2. The quantitative estimate of drug-likeness (QED) is 0.771. The molecule has 0 atom stereocenters. The van der Waals surface area contributed by atoms with Gasteiger partial charge in [0.05, 0.1) is 0 Å². The molecule has 1 rings (SSSR count). The fraction of sp³-hybridized carbons (Fsp3) is 0.556. The minimum absolute atomic E-state index is 0.00475. The molecule has 1 aliphatic heterocycles. The van der Waals surface area contributed by atoms with Crippen molar-refractivity contribution in [3.05, 3.63) is 11.3 Å². The third-order valence-corrected chi connectivity index (χ3v) is 2.11. The van der Waals surface area contributed by atoms with Gasteiger partial charge < -0.3 is 5.32 Å². The molecule has 3 nitrogen and oxygen atoms in total. The number of amides is 1. The Bertz CT molecular complexity index is 331. The Hall–Kier alpha value is -1.33.